The third kappa shape index (κ3) is 4.98. The summed E-state index contributed by atoms with van der Waals surface area (Å²) >= 11 is 3.40. The first kappa shape index (κ1) is 15.1. The molecule has 0 unspecified atom stereocenters. The summed E-state index contributed by atoms with van der Waals surface area (Å²) in [6, 6.07) is 10.4. The lowest BCUT2D eigenvalue weighted by molar-refractivity contribution is 0.291. The van der Waals surface area contributed by atoms with E-state index in [0.29, 0.717) is 12.6 Å². The Kier molecular flexibility index (Phi) is 5.61. The van der Waals surface area contributed by atoms with E-state index in [1.165, 1.54) is 0 Å². The Hall–Kier alpha value is -1.33. The van der Waals surface area contributed by atoms with Crippen molar-refractivity contribution in [1.82, 2.24) is 15.1 Å². The minimum atomic E-state index is 0.473. The molecular weight excluding hydrogens is 318 g/mol. The fourth-order valence-electron chi connectivity index (χ4n) is 1.72. The van der Waals surface area contributed by atoms with Crippen LogP contribution in [0.4, 0.5) is 0 Å². The molecule has 0 amide bonds. The standard InChI is InChI=1S/C15H20BrN3O/c1-12(2)17-11-14-7-8-19(18-14)9-10-20-15-5-3-13(16)4-6-15/h3-8,12,17H,9-11H2,1-2H3. The molecule has 1 N–H and O–H groups in total. The molecule has 0 aliphatic rings. The summed E-state index contributed by atoms with van der Waals surface area (Å²) < 4.78 is 8.64. The average molecular weight is 338 g/mol. The molecule has 0 saturated heterocycles. The van der Waals surface area contributed by atoms with Gasteiger partial charge in [-0.25, -0.2) is 0 Å². The zero-order chi connectivity index (χ0) is 14.4. The highest BCUT2D eigenvalue weighted by Gasteiger charge is 2.00. The van der Waals surface area contributed by atoms with Crippen molar-refractivity contribution in [3.8, 4) is 5.75 Å². The summed E-state index contributed by atoms with van der Waals surface area (Å²) in [4.78, 5) is 0. The van der Waals surface area contributed by atoms with Gasteiger partial charge in [-0.15, -0.1) is 0 Å². The minimum Gasteiger partial charge on any atom is -0.492 e. The first-order chi connectivity index (χ1) is 9.63. The van der Waals surface area contributed by atoms with Crippen LogP contribution in [0.25, 0.3) is 0 Å². The Bertz CT molecular complexity index is 522. The van der Waals surface area contributed by atoms with Crippen molar-refractivity contribution in [2.24, 2.45) is 0 Å². The van der Waals surface area contributed by atoms with Crippen LogP contribution in [0.5, 0.6) is 5.75 Å². The van der Waals surface area contributed by atoms with E-state index in [-0.39, 0.29) is 0 Å². The van der Waals surface area contributed by atoms with Crippen LogP contribution >= 0.6 is 15.9 Å². The average Bonchev–Trinajstić information content (AvgIpc) is 2.87. The molecule has 5 heteroatoms. The van der Waals surface area contributed by atoms with Gasteiger partial charge in [-0.1, -0.05) is 29.8 Å². The van der Waals surface area contributed by atoms with E-state index in [9.17, 15) is 0 Å². The summed E-state index contributed by atoms with van der Waals surface area (Å²) in [7, 11) is 0. The second-order valence-electron chi connectivity index (χ2n) is 4.91. The fraction of sp³-hybridized carbons (Fsp3) is 0.400. The van der Waals surface area contributed by atoms with E-state index in [1.807, 2.05) is 41.2 Å². The molecule has 0 aliphatic carbocycles. The molecular formula is C15H20BrN3O. The van der Waals surface area contributed by atoms with Gasteiger partial charge < -0.3 is 10.1 Å². The van der Waals surface area contributed by atoms with Gasteiger partial charge in [-0.3, -0.25) is 4.68 Å². The molecule has 1 aromatic carbocycles. The van der Waals surface area contributed by atoms with Gasteiger partial charge in [-0.2, -0.15) is 5.10 Å². The number of rotatable bonds is 7. The van der Waals surface area contributed by atoms with E-state index >= 15 is 0 Å². The van der Waals surface area contributed by atoms with Crippen molar-refractivity contribution in [2.45, 2.75) is 33.0 Å². The van der Waals surface area contributed by atoms with Gasteiger partial charge in [-0.05, 0) is 30.3 Å². The number of hydrogen-bond acceptors (Lipinski definition) is 3. The Labute approximate surface area is 128 Å². The number of nitrogens with one attached hydrogen (secondary N) is 1. The van der Waals surface area contributed by atoms with Crippen molar-refractivity contribution >= 4 is 15.9 Å². The van der Waals surface area contributed by atoms with Gasteiger partial charge in [0.15, 0.2) is 0 Å². The maximum atomic E-state index is 5.68. The monoisotopic (exact) mass is 337 g/mol. The second-order valence-corrected chi connectivity index (χ2v) is 5.82. The van der Waals surface area contributed by atoms with Crippen molar-refractivity contribution in [1.29, 1.82) is 0 Å². The first-order valence-electron chi connectivity index (χ1n) is 6.77. The molecule has 108 valence electrons. The Morgan fingerprint density at radius 3 is 2.70 bits per heavy atom. The van der Waals surface area contributed by atoms with Crippen molar-refractivity contribution in [3.63, 3.8) is 0 Å². The number of aromatic nitrogens is 2. The maximum Gasteiger partial charge on any atom is 0.119 e. The van der Waals surface area contributed by atoms with E-state index < -0.39 is 0 Å². The molecule has 0 bridgehead atoms. The Morgan fingerprint density at radius 2 is 2.00 bits per heavy atom. The van der Waals surface area contributed by atoms with Crippen LogP contribution in [0.2, 0.25) is 0 Å². The molecule has 1 aromatic heterocycles. The molecule has 0 fully saturated rings. The Balaban J connectivity index is 1.75. The fourth-order valence-corrected chi connectivity index (χ4v) is 1.98. The van der Waals surface area contributed by atoms with E-state index in [2.05, 4.69) is 40.2 Å². The smallest absolute Gasteiger partial charge is 0.119 e. The number of nitrogens with zero attached hydrogens (tertiary/aromatic N) is 2. The van der Waals surface area contributed by atoms with Gasteiger partial charge in [0.25, 0.3) is 0 Å². The topological polar surface area (TPSA) is 39.1 Å². The maximum absolute atomic E-state index is 5.68. The summed E-state index contributed by atoms with van der Waals surface area (Å²) in [5.41, 5.74) is 1.06. The number of ether oxygens (including phenoxy) is 1. The summed E-state index contributed by atoms with van der Waals surface area (Å²) in [5.74, 6) is 0.877. The largest absolute Gasteiger partial charge is 0.492 e. The minimum absolute atomic E-state index is 0.473. The summed E-state index contributed by atoms with van der Waals surface area (Å²) in [6.45, 7) is 6.42. The molecule has 1 heterocycles. The number of hydrogen-bond donors (Lipinski definition) is 1. The molecule has 0 atom stereocenters. The van der Waals surface area contributed by atoms with Crippen LogP contribution in [-0.4, -0.2) is 22.4 Å². The molecule has 20 heavy (non-hydrogen) atoms. The zero-order valence-corrected chi connectivity index (χ0v) is 13.4. The Morgan fingerprint density at radius 1 is 1.25 bits per heavy atom. The lowest BCUT2D eigenvalue weighted by atomic mass is 10.3. The summed E-state index contributed by atoms with van der Waals surface area (Å²) in [5, 5.41) is 7.84. The van der Waals surface area contributed by atoms with E-state index in [0.717, 1.165) is 29.0 Å². The van der Waals surface area contributed by atoms with Crippen LogP contribution in [0.1, 0.15) is 19.5 Å². The van der Waals surface area contributed by atoms with Gasteiger partial charge in [0, 0.05) is 23.3 Å². The van der Waals surface area contributed by atoms with Crippen molar-refractivity contribution in [3.05, 3.63) is 46.7 Å². The highest BCUT2D eigenvalue weighted by molar-refractivity contribution is 9.10. The quantitative estimate of drug-likeness (QED) is 0.843. The van der Waals surface area contributed by atoms with Gasteiger partial charge >= 0.3 is 0 Å². The van der Waals surface area contributed by atoms with Gasteiger partial charge in [0.05, 0.1) is 12.2 Å². The molecule has 0 aliphatic heterocycles. The molecule has 2 rings (SSSR count). The highest BCUT2D eigenvalue weighted by atomic mass is 79.9. The predicted octanol–water partition coefficient (Wildman–Crippen LogP) is 3.22. The predicted molar refractivity (Wildman–Crippen MR) is 83.8 cm³/mol. The van der Waals surface area contributed by atoms with Crippen LogP contribution in [-0.2, 0) is 13.1 Å². The van der Waals surface area contributed by atoms with Crippen LogP contribution in [0.3, 0.4) is 0 Å². The zero-order valence-electron chi connectivity index (χ0n) is 11.8. The van der Waals surface area contributed by atoms with Crippen molar-refractivity contribution in [2.75, 3.05) is 6.61 Å². The van der Waals surface area contributed by atoms with Gasteiger partial charge in [0.1, 0.15) is 12.4 Å². The number of benzene rings is 1. The first-order valence-corrected chi connectivity index (χ1v) is 7.57. The SMILES string of the molecule is CC(C)NCc1ccn(CCOc2ccc(Br)cc2)n1. The lowest BCUT2D eigenvalue weighted by Gasteiger charge is -2.07. The molecule has 0 saturated carbocycles. The molecule has 2 aromatic rings. The van der Waals surface area contributed by atoms with Crippen LogP contribution in [0.15, 0.2) is 41.0 Å². The second kappa shape index (κ2) is 7.45. The van der Waals surface area contributed by atoms with E-state index in [4.69, 9.17) is 4.74 Å². The van der Waals surface area contributed by atoms with Crippen LogP contribution < -0.4 is 10.1 Å². The third-order valence-electron chi connectivity index (χ3n) is 2.79. The molecule has 0 spiro atoms. The summed E-state index contributed by atoms with van der Waals surface area (Å²) in [6.07, 6.45) is 1.99. The van der Waals surface area contributed by atoms with Crippen LogP contribution in [0, 0.1) is 0 Å². The normalized spacial score (nSPS) is 11.0. The van der Waals surface area contributed by atoms with Gasteiger partial charge in [0.2, 0.25) is 0 Å². The molecule has 0 radical (unpaired) electrons. The molecule has 4 nitrogen and oxygen atoms in total. The highest BCUT2D eigenvalue weighted by Crippen LogP contribution is 2.15. The number of halogens is 1. The van der Waals surface area contributed by atoms with Crippen molar-refractivity contribution < 1.29 is 4.74 Å². The lowest BCUT2D eigenvalue weighted by Crippen LogP contribution is -2.22. The van der Waals surface area contributed by atoms with E-state index in [1.54, 1.807) is 0 Å². The third-order valence-corrected chi connectivity index (χ3v) is 3.32.